The van der Waals surface area contributed by atoms with Crippen molar-refractivity contribution in [2.75, 3.05) is 7.11 Å². The summed E-state index contributed by atoms with van der Waals surface area (Å²) in [5, 5.41) is 6.96. The molecule has 0 fully saturated rings. The SMILES string of the molecule is COC(=O)c1cc(Cl)cc2c1nc(Sc1ccc(F)cc1)c1nnc(C(F)(F)F)n12. The maximum absolute atomic E-state index is 13.6. The van der Waals surface area contributed by atoms with Gasteiger partial charge in [0.05, 0.1) is 18.2 Å². The standard InChI is InChI=1S/C18H9ClF4N4O2S/c1-29-16(28)11-6-8(19)7-12-13(11)24-15(30-10-4-2-9(20)3-5-10)14-25-26-17(27(12)14)18(21,22)23/h2-7H,1H3. The van der Waals surface area contributed by atoms with Gasteiger partial charge in [-0.25, -0.2) is 14.2 Å². The molecule has 0 aliphatic rings. The number of nitrogens with zero attached hydrogens (tertiary/aromatic N) is 4. The van der Waals surface area contributed by atoms with Crippen molar-refractivity contribution >= 4 is 46.0 Å². The molecule has 12 heteroatoms. The van der Waals surface area contributed by atoms with Crippen molar-refractivity contribution in [3.05, 3.63) is 58.6 Å². The number of carbonyl (C=O) groups excluding carboxylic acids is 1. The summed E-state index contributed by atoms with van der Waals surface area (Å²) in [5.41, 5.74) is -0.501. The number of rotatable bonds is 3. The number of fused-ring (bicyclic) bond motifs is 3. The highest BCUT2D eigenvalue weighted by atomic mass is 35.5. The molecule has 0 unspecified atom stereocenters. The Hall–Kier alpha value is -2.92. The minimum absolute atomic E-state index is 0.00626. The van der Waals surface area contributed by atoms with Crippen molar-refractivity contribution in [1.29, 1.82) is 0 Å². The second-order valence-corrected chi connectivity index (χ2v) is 7.46. The zero-order valence-corrected chi connectivity index (χ0v) is 16.4. The summed E-state index contributed by atoms with van der Waals surface area (Å²) >= 11 is 6.97. The first-order valence-electron chi connectivity index (χ1n) is 8.16. The van der Waals surface area contributed by atoms with Crippen LogP contribution in [0.2, 0.25) is 5.02 Å². The van der Waals surface area contributed by atoms with E-state index in [9.17, 15) is 22.4 Å². The third kappa shape index (κ3) is 3.54. The van der Waals surface area contributed by atoms with Gasteiger partial charge in [0.25, 0.3) is 0 Å². The summed E-state index contributed by atoms with van der Waals surface area (Å²) in [6, 6.07) is 7.75. The fraction of sp³-hybridized carbons (Fsp3) is 0.111. The molecule has 0 amide bonds. The lowest BCUT2D eigenvalue weighted by atomic mass is 10.1. The number of alkyl halides is 3. The zero-order valence-electron chi connectivity index (χ0n) is 14.9. The number of halogens is 5. The monoisotopic (exact) mass is 456 g/mol. The van der Waals surface area contributed by atoms with E-state index in [0.29, 0.717) is 4.90 Å². The molecule has 2 aromatic carbocycles. The van der Waals surface area contributed by atoms with Gasteiger partial charge in [0.15, 0.2) is 5.65 Å². The Labute approximate surface area is 174 Å². The average molecular weight is 457 g/mol. The summed E-state index contributed by atoms with van der Waals surface area (Å²) < 4.78 is 59.4. The van der Waals surface area contributed by atoms with Gasteiger partial charge in [-0.1, -0.05) is 23.4 Å². The van der Waals surface area contributed by atoms with E-state index in [1.54, 1.807) is 0 Å². The van der Waals surface area contributed by atoms with Crippen LogP contribution in [0.3, 0.4) is 0 Å². The van der Waals surface area contributed by atoms with Gasteiger partial charge in [-0.2, -0.15) is 13.2 Å². The molecule has 2 aromatic heterocycles. The Morgan fingerprint density at radius 3 is 2.50 bits per heavy atom. The van der Waals surface area contributed by atoms with Gasteiger partial charge in [-0.15, -0.1) is 10.2 Å². The number of hydrogen-bond donors (Lipinski definition) is 0. The molecule has 2 heterocycles. The molecule has 6 nitrogen and oxygen atoms in total. The Kier molecular flexibility index (Phi) is 5.02. The smallest absolute Gasteiger partial charge is 0.452 e. The first kappa shape index (κ1) is 20.4. The van der Waals surface area contributed by atoms with Crippen LogP contribution in [0.25, 0.3) is 16.7 Å². The molecule has 0 atom stereocenters. The number of aromatic nitrogens is 4. The lowest BCUT2D eigenvalue weighted by molar-refractivity contribution is -0.145. The molecule has 0 saturated carbocycles. The lowest BCUT2D eigenvalue weighted by Crippen LogP contribution is -2.13. The van der Waals surface area contributed by atoms with Gasteiger partial charge in [-0.3, -0.25) is 4.40 Å². The fourth-order valence-electron chi connectivity index (χ4n) is 2.81. The summed E-state index contributed by atoms with van der Waals surface area (Å²) in [4.78, 5) is 17.1. The first-order chi connectivity index (χ1) is 14.2. The third-order valence-corrected chi connectivity index (χ3v) is 5.24. The Morgan fingerprint density at radius 2 is 1.87 bits per heavy atom. The van der Waals surface area contributed by atoms with Crippen molar-refractivity contribution in [3.63, 3.8) is 0 Å². The topological polar surface area (TPSA) is 69.4 Å². The minimum atomic E-state index is -4.83. The number of esters is 1. The van der Waals surface area contributed by atoms with E-state index < -0.39 is 23.8 Å². The molecule has 30 heavy (non-hydrogen) atoms. The number of carbonyl (C=O) groups is 1. The number of ether oxygens (including phenoxy) is 1. The molecule has 0 bridgehead atoms. The predicted molar refractivity (Wildman–Crippen MR) is 100 cm³/mol. The van der Waals surface area contributed by atoms with E-state index in [1.165, 1.54) is 36.4 Å². The Bertz CT molecular complexity index is 1290. The highest BCUT2D eigenvalue weighted by Gasteiger charge is 2.38. The molecule has 0 spiro atoms. The quantitative estimate of drug-likeness (QED) is 0.318. The van der Waals surface area contributed by atoms with Crippen LogP contribution < -0.4 is 0 Å². The van der Waals surface area contributed by atoms with E-state index in [1.807, 2.05) is 0 Å². The van der Waals surface area contributed by atoms with Gasteiger partial charge in [0.1, 0.15) is 16.4 Å². The Morgan fingerprint density at radius 1 is 1.17 bits per heavy atom. The van der Waals surface area contributed by atoms with Crippen LogP contribution in [-0.2, 0) is 10.9 Å². The fourth-order valence-corrected chi connectivity index (χ4v) is 3.88. The van der Waals surface area contributed by atoms with Gasteiger partial charge >= 0.3 is 12.1 Å². The summed E-state index contributed by atoms with van der Waals surface area (Å²) in [6.07, 6.45) is -4.83. The zero-order chi connectivity index (χ0) is 21.6. The number of hydrogen-bond acceptors (Lipinski definition) is 6. The molecule has 0 saturated heterocycles. The largest absolute Gasteiger partial charge is 0.465 e. The average Bonchev–Trinajstić information content (AvgIpc) is 3.15. The summed E-state index contributed by atoms with van der Waals surface area (Å²) in [6.45, 7) is 0. The van der Waals surface area contributed by atoms with Crippen LogP contribution in [0.1, 0.15) is 16.2 Å². The van der Waals surface area contributed by atoms with Gasteiger partial charge < -0.3 is 4.74 Å². The highest BCUT2D eigenvalue weighted by molar-refractivity contribution is 7.99. The van der Waals surface area contributed by atoms with Crippen LogP contribution in [0, 0.1) is 5.82 Å². The van der Waals surface area contributed by atoms with Gasteiger partial charge in [-0.05, 0) is 36.4 Å². The van der Waals surface area contributed by atoms with Crippen LogP contribution in [-0.4, -0.2) is 32.7 Å². The molecular formula is C18H9ClF4N4O2S. The minimum Gasteiger partial charge on any atom is -0.465 e. The van der Waals surface area contributed by atoms with Gasteiger partial charge in [0.2, 0.25) is 5.82 Å². The molecular weight excluding hydrogens is 448 g/mol. The van der Waals surface area contributed by atoms with Crippen LogP contribution >= 0.6 is 23.4 Å². The molecule has 0 aliphatic carbocycles. The molecule has 154 valence electrons. The molecule has 4 rings (SSSR count). The van der Waals surface area contributed by atoms with Crippen molar-refractivity contribution in [1.82, 2.24) is 19.6 Å². The molecule has 0 N–H and O–H groups in total. The van der Waals surface area contributed by atoms with E-state index in [2.05, 4.69) is 15.2 Å². The van der Waals surface area contributed by atoms with Crippen LogP contribution in [0.15, 0.2) is 46.3 Å². The van der Waals surface area contributed by atoms with E-state index >= 15 is 0 Å². The third-order valence-electron chi connectivity index (χ3n) is 4.05. The summed E-state index contributed by atoms with van der Waals surface area (Å²) in [7, 11) is 1.13. The van der Waals surface area contributed by atoms with Crippen molar-refractivity contribution in [3.8, 4) is 0 Å². The lowest BCUT2D eigenvalue weighted by Gasteiger charge is -2.12. The van der Waals surface area contributed by atoms with Crippen LogP contribution in [0.5, 0.6) is 0 Å². The summed E-state index contributed by atoms with van der Waals surface area (Å²) in [5.74, 6) is -2.60. The number of benzene rings is 2. The highest BCUT2D eigenvalue weighted by Crippen LogP contribution is 2.36. The van der Waals surface area contributed by atoms with E-state index in [-0.39, 0.29) is 32.3 Å². The second kappa shape index (κ2) is 7.40. The van der Waals surface area contributed by atoms with Crippen molar-refractivity contribution in [2.24, 2.45) is 0 Å². The van der Waals surface area contributed by atoms with E-state index in [4.69, 9.17) is 16.3 Å². The normalized spacial score (nSPS) is 11.9. The van der Waals surface area contributed by atoms with Crippen molar-refractivity contribution < 1.29 is 27.1 Å². The maximum atomic E-state index is 13.6. The molecule has 0 aliphatic heterocycles. The predicted octanol–water partition coefficient (Wildman–Crippen LogP) is 5.03. The number of methoxy groups -OCH3 is 1. The Balaban J connectivity index is 2.08. The van der Waals surface area contributed by atoms with Crippen LogP contribution in [0.4, 0.5) is 17.6 Å². The first-order valence-corrected chi connectivity index (χ1v) is 9.36. The van der Waals surface area contributed by atoms with Gasteiger partial charge in [0, 0.05) is 9.92 Å². The molecule has 4 aromatic rings. The van der Waals surface area contributed by atoms with E-state index in [0.717, 1.165) is 23.3 Å². The van der Waals surface area contributed by atoms with Crippen molar-refractivity contribution in [2.45, 2.75) is 16.1 Å². The second-order valence-electron chi connectivity index (χ2n) is 5.97. The maximum Gasteiger partial charge on any atom is 0.452 e. The molecule has 0 radical (unpaired) electrons.